The molecule has 0 aliphatic carbocycles. The number of nitrogens with one attached hydrogen (secondary N) is 1. The van der Waals surface area contributed by atoms with E-state index in [2.05, 4.69) is 20.4 Å². The quantitative estimate of drug-likeness (QED) is 0.448. The predicted octanol–water partition coefficient (Wildman–Crippen LogP) is 2.70. The van der Waals surface area contributed by atoms with E-state index in [1.165, 1.54) is 11.8 Å². The first-order valence-corrected chi connectivity index (χ1v) is 13.8. The first kappa shape index (κ1) is 26.5. The number of rotatable bonds is 7. The Bertz CT molecular complexity index is 1370. The van der Waals surface area contributed by atoms with Crippen molar-refractivity contribution in [2.24, 2.45) is 7.05 Å². The second-order valence-electron chi connectivity index (χ2n) is 9.47. The summed E-state index contributed by atoms with van der Waals surface area (Å²) in [6.07, 6.45) is 0. The number of piperazine rings is 1. The van der Waals surface area contributed by atoms with E-state index in [4.69, 9.17) is 4.74 Å². The minimum Gasteiger partial charge on any atom is -0.482 e. The molecule has 0 bridgehead atoms. The minimum absolute atomic E-state index is 0.0293. The Balaban J connectivity index is 1.16. The van der Waals surface area contributed by atoms with Gasteiger partial charge in [0.05, 0.1) is 17.5 Å². The zero-order chi connectivity index (χ0) is 27.5. The van der Waals surface area contributed by atoms with E-state index in [0.29, 0.717) is 41.2 Å². The van der Waals surface area contributed by atoms with Crippen LogP contribution in [0.1, 0.15) is 25.7 Å². The number of benzene rings is 2. The number of hydrogen-bond donors (Lipinski definition) is 1. The first-order chi connectivity index (χ1) is 18.8. The van der Waals surface area contributed by atoms with Gasteiger partial charge in [0.1, 0.15) is 5.75 Å². The average molecular weight is 550 g/mol. The molecule has 1 aromatic heterocycles. The number of nitrogens with zero attached hydrogens (tertiary/aromatic N) is 6. The Morgan fingerprint density at radius 2 is 1.77 bits per heavy atom. The molecule has 0 spiro atoms. The highest BCUT2D eigenvalue weighted by molar-refractivity contribution is 7.99. The van der Waals surface area contributed by atoms with Crippen molar-refractivity contribution < 1.29 is 19.1 Å². The van der Waals surface area contributed by atoms with Gasteiger partial charge in [0.2, 0.25) is 11.8 Å². The number of ether oxygens (including phenoxy) is 1. The Kier molecular flexibility index (Phi) is 7.73. The second kappa shape index (κ2) is 11.4. The molecule has 1 N–H and O–H groups in total. The van der Waals surface area contributed by atoms with Gasteiger partial charge in [-0.3, -0.25) is 19.3 Å². The molecule has 12 heteroatoms. The molecule has 3 amide bonds. The molecule has 1 atom stereocenters. The fraction of sp³-hybridized carbons (Fsp3) is 0.370. The van der Waals surface area contributed by atoms with Crippen molar-refractivity contribution in [1.82, 2.24) is 19.7 Å². The molecule has 0 unspecified atom stereocenters. The molecule has 2 aromatic carbocycles. The lowest BCUT2D eigenvalue weighted by atomic mass is 10.1. The molecular weight excluding hydrogens is 518 g/mol. The lowest BCUT2D eigenvalue weighted by Gasteiger charge is -2.35. The van der Waals surface area contributed by atoms with Crippen LogP contribution in [-0.2, 0) is 21.4 Å². The minimum atomic E-state index is -0.368. The van der Waals surface area contributed by atoms with Crippen molar-refractivity contribution in [3.05, 3.63) is 54.4 Å². The third kappa shape index (κ3) is 5.70. The van der Waals surface area contributed by atoms with Gasteiger partial charge in [0.15, 0.2) is 17.6 Å². The fourth-order valence-corrected chi connectivity index (χ4v) is 5.56. The van der Waals surface area contributed by atoms with Gasteiger partial charge >= 0.3 is 0 Å². The van der Waals surface area contributed by atoms with E-state index in [1.54, 1.807) is 11.8 Å². The van der Waals surface area contributed by atoms with Gasteiger partial charge in [0.25, 0.3) is 5.91 Å². The van der Waals surface area contributed by atoms with Crippen LogP contribution in [0.5, 0.6) is 5.75 Å². The van der Waals surface area contributed by atoms with Gasteiger partial charge in [0, 0.05) is 51.5 Å². The molecule has 0 radical (unpaired) electrons. The third-order valence-electron chi connectivity index (χ3n) is 6.95. The summed E-state index contributed by atoms with van der Waals surface area (Å²) in [5, 5.41) is 12.1. The zero-order valence-electron chi connectivity index (χ0n) is 22.2. The van der Waals surface area contributed by atoms with Gasteiger partial charge in [-0.1, -0.05) is 23.9 Å². The molecule has 1 saturated heterocycles. The highest BCUT2D eigenvalue weighted by Crippen LogP contribution is 2.37. The van der Waals surface area contributed by atoms with E-state index in [-0.39, 0.29) is 36.1 Å². The van der Waals surface area contributed by atoms with E-state index in [1.807, 2.05) is 72.0 Å². The fourth-order valence-electron chi connectivity index (χ4n) is 4.84. The van der Waals surface area contributed by atoms with Crippen LogP contribution >= 0.6 is 11.8 Å². The van der Waals surface area contributed by atoms with Crippen LogP contribution in [0.25, 0.3) is 0 Å². The number of carbonyl (C=O) groups excluding carboxylic acids is 3. The highest BCUT2D eigenvalue weighted by atomic mass is 32.2. The summed E-state index contributed by atoms with van der Waals surface area (Å²) in [5.41, 5.74) is 2.47. The summed E-state index contributed by atoms with van der Waals surface area (Å²) >= 11 is 1.28. The van der Waals surface area contributed by atoms with E-state index in [9.17, 15) is 14.4 Å². The molecule has 204 valence electrons. The zero-order valence-corrected chi connectivity index (χ0v) is 23.0. The Hall–Kier alpha value is -4.06. The van der Waals surface area contributed by atoms with E-state index < -0.39 is 0 Å². The number of carbonyl (C=O) groups is 3. The standard InChI is InChI=1S/C27H31N7O4S/c1-18(34-22-6-4-5-7-23(22)38-16-25(34)37)26-29-30-27(31(26)3)39-17-24(36)28-20-8-10-21(11-9-20)33-14-12-32(13-15-33)19(2)35/h4-11,18H,12-17H2,1-3H3,(H,28,36)/t18-/m0/s1. The van der Waals surface area contributed by atoms with Crippen LogP contribution in [0, 0.1) is 0 Å². The first-order valence-electron chi connectivity index (χ1n) is 12.8. The van der Waals surface area contributed by atoms with Gasteiger partial charge in [-0.25, -0.2) is 0 Å². The van der Waals surface area contributed by atoms with Crippen molar-refractivity contribution in [3.63, 3.8) is 0 Å². The van der Waals surface area contributed by atoms with E-state index >= 15 is 0 Å². The summed E-state index contributed by atoms with van der Waals surface area (Å²) in [7, 11) is 1.83. The smallest absolute Gasteiger partial charge is 0.265 e. The molecule has 3 heterocycles. The number of fused-ring (bicyclic) bond motifs is 1. The molecular formula is C27H31N7O4S. The van der Waals surface area contributed by atoms with E-state index in [0.717, 1.165) is 18.8 Å². The maximum absolute atomic E-state index is 12.7. The van der Waals surface area contributed by atoms with Crippen LogP contribution in [0.3, 0.4) is 0 Å². The van der Waals surface area contributed by atoms with Crippen LogP contribution in [0.15, 0.2) is 53.7 Å². The van der Waals surface area contributed by atoms with Crippen molar-refractivity contribution in [1.29, 1.82) is 0 Å². The van der Waals surface area contributed by atoms with Gasteiger partial charge in [-0.2, -0.15) is 0 Å². The number of amides is 3. The molecule has 3 aromatic rings. The summed E-state index contributed by atoms with van der Waals surface area (Å²) in [5.74, 6) is 1.23. The molecule has 1 fully saturated rings. The number of thioether (sulfide) groups is 1. The summed E-state index contributed by atoms with van der Waals surface area (Å²) in [6.45, 7) is 6.46. The Morgan fingerprint density at radius 1 is 1.05 bits per heavy atom. The third-order valence-corrected chi connectivity index (χ3v) is 7.97. The lowest BCUT2D eigenvalue weighted by molar-refractivity contribution is -0.129. The summed E-state index contributed by atoms with van der Waals surface area (Å²) < 4.78 is 7.37. The molecule has 11 nitrogen and oxygen atoms in total. The van der Waals surface area contributed by atoms with Crippen LogP contribution in [-0.4, -0.2) is 75.9 Å². The van der Waals surface area contributed by atoms with Crippen molar-refractivity contribution in [2.45, 2.75) is 25.0 Å². The Labute approximate surface area is 231 Å². The molecule has 5 rings (SSSR count). The van der Waals surface area contributed by atoms with Crippen molar-refractivity contribution in [3.8, 4) is 5.75 Å². The summed E-state index contributed by atoms with van der Waals surface area (Å²) in [4.78, 5) is 42.6. The average Bonchev–Trinajstić information content (AvgIpc) is 3.32. The van der Waals surface area contributed by atoms with Gasteiger partial charge < -0.3 is 24.4 Å². The number of aromatic nitrogens is 3. The van der Waals surface area contributed by atoms with Crippen molar-refractivity contribution >= 4 is 46.5 Å². The molecule has 2 aliphatic rings. The monoisotopic (exact) mass is 549 g/mol. The van der Waals surface area contributed by atoms with Crippen molar-refractivity contribution in [2.75, 3.05) is 53.7 Å². The van der Waals surface area contributed by atoms with Crippen LogP contribution < -0.4 is 19.9 Å². The lowest BCUT2D eigenvalue weighted by Crippen LogP contribution is -2.48. The summed E-state index contributed by atoms with van der Waals surface area (Å²) in [6, 6.07) is 14.8. The molecule has 2 aliphatic heterocycles. The maximum atomic E-state index is 12.7. The number of anilines is 3. The van der Waals surface area contributed by atoms with Gasteiger partial charge in [-0.05, 0) is 43.3 Å². The molecule has 39 heavy (non-hydrogen) atoms. The largest absolute Gasteiger partial charge is 0.482 e. The number of hydrogen-bond acceptors (Lipinski definition) is 8. The highest BCUT2D eigenvalue weighted by Gasteiger charge is 2.32. The molecule has 0 saturated carbocycles. The van der Waals surface area contributed by atoms with Crippen LogP contribution in [0.4, 0.5) is 17.1 Å². The maximum Gasteiger partial charge on any atom is 0.265 e. The topological polar surface area (TPSA) is 113 Å². The van der Waals surface area contributed by atoms with Gasteiger partial charge in [-0.15, -0.1) is 10.2 Å². The Morgan fingerprint density at radius 3 is 2.49 bits per heavy atom. The van der Waals surface area contributed by atoms with Crippen LogP contribution in [0.2, 0.25) is 0 Å². The number of para-hydroxylation sites is 2. The normalized spacial score (nSPS) is 16.0. The predicted molar refractivity (Wildman–Crippen MR) is 149 cm³/mol. The SMILES string of the molecule is CC(=O)N1CCN(c2ccc(NC(=O)CSc3nnc([C@H](C)N4C(=O)COc5ccccc54)n3C)cc2)CC1. The second-order valence-corrected chi connectivity index (χ2v) is 10.4.